The lowest BCUT2D eigenvalue weighted by molar-refractivity contribution is -0.136. The van der Waals surface area contributed by atoms with Crippen molar-refractivity contribution in [1.82, 2.24) is 14.9 Å². The molecule has 0 radical (unpaired) electrons. The number of aromatic amines is 2. The summed E-state index contributed by atoms with van der Waals surface area (Å²) in [5.74, 6) is -0.893. The van der Waals surface area contributed by atoms with Crippen LogP contribution in [0, 0.1) is 0 Å². The van der Waals surface area contributed by atoms with E-state index in [1.807, 2.05) is 0 Å². The molecule has 1 aromatic carbocycles. The Morgan fingerprint density at radius 3 is 2.75 bits per heavy atom. The number of carboxylic acids is 1. The van der Waals surface area contributed by atoms with E-state index >= 15 is 0 Å². The van der Waals surface area contributed by atoms with Crippen LogP contribution in [0.25, 0.3) is 21.8 Å². The van der Waals surface area contributed by atoms with Crippen LogP contribution in [0.1, 0.15) is 22.3 Å². The second-order valence-electron chi connectivity index (χ2n) is 6.98. The van der Waals surface area contributed by atoms with E-state index in [9.17, 15) is 14.4 Å². The molecule has 3 heterocycles. The van der Waals surface area contributed by atoms with Crippen LogP contribution in [0.2, 0.25) is 0 Å². The number of H-pyrrole nitrogens is 2. The number of ketones is 1. The number of carboxylic acid groups (broad SMARTS) is 1. The van der Waals surface area contributed by atoms with Crippen LogP contribution in [0.4, 0.5) is 0 Å². The summed E-state index contributed by atoms with van der Waals surface area (Å²) in [6.45, 7) is 3.04. The number of nitrogens with one attached hydrogen (secondary N) is 2. The Labute approximate surface area is 160 Å². The quantitative estimate of drug-likeness (QED) is 0.556. The molecule has 0 unspecified atom stereocenters. The van der Waals surface area contributed by atoms with Gasteiger partial charge in [0.25, 0.3) is 5.56 Å². The number of Topliss-reactive ketones (excluding diaryl/α,β-unsaturated/α-hetero) is 1. The molecule has 0 spiro atoms. The maximum Gasteiger partial charge on any atom is 0.303 e. The Balaban J connectivity index is 1.74. The number of aryl methyl sites for hydroxylation is 1. The van der Waals surface area contributed by atoms with Crippen molar-refractivity contribution >= 4 is 33.6 Å². The summed E-state index contributed by atoms with van der Waals surface area (Å²) in [7, 11) is 0. The van der Waals surface area contributed by atoms with Gasteiger partial charge in [-0.25, -0.2) is 0 Å². The highest BCUT2D eigenvalue weighted by Crippen LogP contribution is 2.26. The average molecular weight is 383 g/mol. The second-order valence-corrected chi connectivity index (χ2v) is 6.98. The number of carbonyl (C=O) groups excluding carboxylic acids is 1. The van der Waals surface area contributed by atoms with Crippen molar-refractivity contribution in [3.05, 3.63) is 45.9 Å². The number of hydrogen-bond acceptors (Lipinski definition) is 5. The zero-order valence-electron chi connectivity index (χ0n) is 15.3. The Bertz CT molecular complexity index is 1110. The predicted molar refractivity (Wildman–Crippen MR) is 104 cm³/mol. The molecule has 1 fully saturated rings. The summed E-state index contributed by atoms with van der Waals surface area (Å²) in [5.41, 5.74) is 2.07. The fourth-order valence-electron chi connectivity index (χ4n) is 3.66. The SMILES string of the molecule is O=C(O)CCc1c[nH]c2c(=O)[nH]c3ccc(C(=O)CN4CCOCC4)cc3c12. The highest BCUT2D eigenvalue weighted by atomic mass is 16.5. The number of rotatable bonds is 6. The van der Waals surface area contributed by atoms with E-state index < -0.39 is 5.97 Å². The largest absolute Gasteiger partial charge is 0.481 e. The second kappa shape index (κ2) is 7.57. The zero-order chi connectivity index (χ0) is 19.7. The average Bonchev–Trinajstić information content (AvgIpc) is 3.12. The molecule has 146 valence electrons. The van der Waals surface area contributed by atoms with Gasteiger partial charge in [-0.05, 0) is 30.2 Å². The molecule has 1 saturated heterocycles. The Morgan fingerprint density at radius 1 is 1.21 bits per heavy atom. The molecule has 3 N–H and O–H groups in total. The molecule has 8 nitrogen and oxygen atoms in total. The molecule has 3 aromatic rings. The lowest BCUT2D eigenvalue weighted by Crippen LogP contribution is -2.39. The number of carbonyl (C=O) groups is 2. The number of aromatic nitrogens is 2. The molecule has 0 aliphatic carbocycles. The summed E-state index contributed by atoms with van der Waals surface area (Å²) in [6.07, 6.45) is 1.95. The van der Waals surface area contributed by atoms with Crippen molar-refractivity contribution in [2.24, 2.45) is 0 Å². The molecule has 0 bridgehead atoms. The van der Waals surface area contributed by atoms with Gasteiger partial charge in [-0.15, -0.1) is 0 Å². The number of aliphatic carboxylic acids is 1. The summed E-state index contributed by atoms with van der Waals surface area (Å²) >= 11 is 0. The number of fused-ring (bicyclic) bond motifs is 3. The lowest BCUT2D eigenvalue weighted by Gasteiger charge is -2.25. The molecule has 28 heavy (non-hydrogen) atoms. The van der Waals surface area contributed by atoms with Crippen molar-refractivity contribution < 1.29 is 19.4 Å². The highest BCUT2D eigenvalue weighted by molar-refractivity contribution is 6.09. The van der Waals surface area contributed by atoms with Gasteiger partial charge in [0.1, 0.15) is 5.52 Å². The third kappa shape index (κ3) is 3.56. The van der Waals surface area contributed by atoms with Gasteiger partial charge in [0.2, 0.25) is 0 Å². The molecule has 1 aliphatic heterocycles. The summed E-state index contributed by atoms with van der Waals surface area (Å²) in [5, 5.41) is 10.4. The van der Waals surface area contributed by atoms with Crippen LogP contribution in [0.5, 0.6) is 0 Å². The Kier molecular flexibility index (Phi) is 4.97. The van der Waals surface area contributed by atoms with E-state index in [1.54, 1.807) is 24.4 Å². The van der Waals surface area contributed by atoms with E-state index in [1.165, 1.54) is 0 Å². The highest BCUT2D eigenvalue weighted by Gasteiger charge is 2.18. The van der Waals surface area contributed by atoms with Crippen molar-refractivity contribution in [3.8, 4) is 0 Å². The number of benzene rings is 1. The maximum atomic E-state index is 12.8. The van der Waals surface area contributed by atoms with Gasteiger partial charge in [-0.3, -0.25) is 19.3 Å². The summed E-state index contributed by atoms with van der Waals surface area (Å²) < 4.78 is 5.32. The molecular weight excluding hydrogens is 362 g/mol. The maximum absolute atomic E-state index is 12.8. The van der Waals surface area contributed by atoms with Gasteiger partial charge < -0.3 is 19.8 Å². The van der Waals surface area contributed by atoms with Crippen molar-refractivity contribution in [2.45, 2.75) is 12.8 Å². The van der Waals surface area contributed by atoms with E-state index in [4.69, 9.17) is 9.84 Å². The lowest BCUT2D eigenvalue weighted by atomic mass is 10.0. The Morgan fingerprint density at radius 2 is 2.00 bits per heavy atom. The van der Waals surface area contributed by atoms with E-state index in [-0.39, 0.29) is 17.8 Å². The number of morpholine rings is 1. The van der Waals surface area contributed by atoms with Gasteiger partial charge in [-0.2, -0.15) is 0 Å². The molecule has 2 aromatic heterocycles. The minimum Gasteiger partial charge on any atom is -0.481 e. The number of ether oxygens (including phenoxy) is 1. The smallest absolute Gasteiger partial charge is 0.303 e. The van der Waals surface area contributed by atoms with Crippen LogP contribution in [0.3, 0.4) is 0 Å². The molecule has 0 atom stereocenters. The third-order valence-corrected chi connectivity index (χ3v) is 5.13. The minimum atomic E-state index is -0.898. The topological polar surface area (TPSA) is 115 Å². The third-order valence-electron chi connectivity index (χ3n) is 5.13. The normalized spacial score (nSPS) is 15.3. The predicted octanol–water partition coefficient (Wildman–Crippen LogP) is 1.54. The van der Waals surface area contributed by atoms with Crippen LogP contribution >= 0.6 is 0 Å². The number of hydrogen-bond donors (Lipinski definition) is 3. The molecule has 1 aliphatic rings. The minimum absolute atomic E-state index is 0.00534. The standard InChI is InChI=1S/C20H21N3O5/c24-16(11-23-5-7-28-8-6-23)12-1-3-15-14(9-12)18-13(2-4-17(25)26)10-21-19(18)20(27)22-15/h1,3,9-10,21H,2,4-8,11H2,(H,22,27)(H,25,26). The Hall–Kier alpha value is -2.97. The molecule has 0 amide bonds. The fraction of sp³-hybridized carbons (Fsp3) is 0.350. The zero-order valence-corrected chi connectivity index (χ0v) is 15.3. The summed E-state index contributed by atoms with van der Waals surface area (Å²) in [6, 6.07) is 5.24. The van der Waals surface area contributed by atoms with Crippen LogP contribution in [-0.2, 0) is 16.0 Å². The molecular formula is C20H21N3O5. The van der Waals surface area contributed by atoms with Gasteiger partial charge in [0, 0.05) is 47.6 Å². The van der Waals surface area contributed by atoms with Crippen molar-refractivity contribution in [1.29, 1.82) is 0 Å². The van der Waals surface area contributed by atoms with E-state index in [0.29, 0.717) is 48.2 Å². The van der Waals surface area contributed by atoms with Gasteiger partial charge in [-0.1, -0.05) is 0 Å². The first-order valence-electron chi connectivity index (χ1n) is 9.24. The first-order valence-corrected chi connectivity index (χ1v) is 9.24. The van der Waals surface area contributed by atoms with Crippen LogP contribution < -0.4 is 5.56 Å². The molecule has 0 saturated carbocycles. The van der Waals surface area contributed by atoms with Crippen molar-refractivity contribution in [3.63, 3.8) is 0 Å². The first kappa shape index (κ1) is 18.4. The van der Waals surface area contributed by atoms with E-state index in [0.717, 1.165) is 24.0 Å². The molecule has 8 heteroatoms. The van der Waals surface area contributed by atoms with Gasteiger partial charge >= 0.3 is 5.97 Å². The molecule has 4 rings (SSSR count). The van der Waals surface area contributed by atoms with Crippen molar-refractivity contribution in [2.75, 3.05) is 32.8 Å². The van der Waals surface area contributed by atoms with E-state index in [2.05, 4.69) is 14.9 Å². The van der Waals surface area contributed by atoms with Crippen LogP contribution in [0.15, 0.2) is 29.2 Å². The number of nitrogens with zero attached hydrogens (tertiary/aromatic N) is 1. The van der Waals surface area contributed by atoms with Gasteiger partial charge in [0.05, 0.1) is 19.8 Å². The summed E-state index contributed by atoms with van der Waals surface area (Å²) in [4.78, 5) is 43.9. The fourth-order valence-corrected chi connectivity index (χ4v) is 3.66. The monoisotopic (exact) mass is 383 g/mol. The van der Waals surface area contributed by atoms with Gasteiger partial charge in [0.15, 0.2) is 5.78 Å². The van der Waals surface area contributed by atoms with Crippen LogP contribution in [-0.4, -0.2) is 64.6 Å². The first-order chi connectivity index (χ1) is 13.5. The number of pyridine rings is 1.